The summed E-state index contributed by atoms with van der Waals surface area (Å²) in [5, 5.41) is 11.7. The molecule has 5 nitrogen and oxygen atoms in total. The molecular formula is C10H18N2O3S. The van der Waals surface area contributed by atoms with Crippen molar-refractivity contribution in [1.82, 2.24) is 10.2 Å². The van der Waals surface area contributed by atoms with Crippen LogP contribution in [-0.2, 0) is 4.79 Å². The quantitative estimate of drug-likeness (QED) is 0.718. The van der Waals surface area contributed by atoms with Crippen LogP contribution in [0.2, 0.25) is 0 Å². The Balaban J connectivity index is 2.32. The normalized spacial score (nSPS) is 19.8. The molecule has 1 unspecified atom stereocenters. The van der Waals surface area contributed by atoms with Crippen molar-refractivity contribution in [3.63, 3.8) is 0 Å². The molecule has 92 valence electrons. The smallest absolute Gasteiger partial charge is 0.327 e. The highest BCUT2D eigenvalue weighted by Crippen LogP contribution is 2.20. The third-order valence-corrected chi connectivity index (χ3v) is 3.50. The Morgan fingerprint density at radius 1 is 1.50 bits per heavy atom. The van der Waals surface area contributed by atoms with Gasteiger partial charge in [0, 0.05) is 12.3 Å². The van der Waals surface area contributed by atoms with Crippen LogP contribution >= 0.6 is 11.8 Å². The third kappa shape index (κ3) is 3.59. The van der Waals surface area contributed by atoms with Crippen molar-refractivity contribution in [2.75, 3.05) is 18.2 Å². The molecule has 0 spiro atoms. The summed E-state index contributed by atoms with van der Waals surface area (Å²) in [5.41, 5.74) is 0. The SMILES string of the molecule is CCCCCNC(=O)N1CSCC1C(=O)O. The summed E-state index contributed by atoms with van der Waals surface area (Å²) in [5.74, 6) is 0.0302. The summed E-state index contributed by atoms with van der Waals surface area (Å²) in [6, 6.07) is -0.926. The number of hydrogen-bond acceptors (Lipinski definition) is 3. The molecule has 1 atom stereocenters. The van der Waals surface area contributed by atoms with E-state index in [2.05, 4.69) is 12.2 Å². The lowest BCUT2D eigenvalue weighted by atomic mass is 10.2. The number of unbranched alkanes of at least 4 members (excludes halogenated alkanes) is 2. The van der Waals surface area contributed by atoms with Crippen molar-refractivity contribution in [2.24, 2.45) is 0 Å². The van der Waals surface area contributed by atoms with Gasteiger partial charge in [-0.05, 0) is 6.42 Å². The number of carbonyl (C=O) groups is 2. The highest BCUT2D eigenvalue weighted by atomic mass is 32.2. The molecule has 0 aromatic rings. The van der Waals surface area contributed by atoms with Gasteiger partial charge in [-0.25, -0.2) is 9.59 Å². The maximum atomic E-state index is 11.7. The number of nitrogens with zero attached hydrogens (tertiary/aromatic N) is 1. The predicted molar refractivity (Wildman–Crippen MR) is 63.5 cm³/mol. The number of carboxylic acid groups (broad SMARTS) is 1. The number of rotatable bonds is 5. The third-order valence-electron chi connectivity index (χ3n) is 2.48. The molecule has 16 heavy (non-hydrogen) atoms. The van der Waals surface area contributed by atoms with E-state index >= 15 is 0 Å². The zero-order valence-corrected chi connectivity index (χ0v) is 10.3. The lowest BCUT2D eigenvalue weighted by Crippen LogP contribution is -2.47. The van der Waals surface area contributed by atoms with Crippen molar-refractivity contribution < 1.29 is 14.7 Å². The highest BCUT2D eigenvalue weighted by molar-refractivity contribution is 7.99. The summed E-state index contributed by atoms with van der Waals surface area (Å²) >= 11 is 1.47. The van der Waals surface area contributed by atoms with Gasteiger partial charge in [-0.15, -0.1) is 11.8 Å². The fourth-order valence-electron chi connectivity index (χ4n) is 1.52. The number of urea groups is 1. The molecule has 0 radical (unpaired) electrons. The summed E-state index contributed by atoms with van der Waals surface area (Å²) in [6.45, 7) is 2.72. The first-order valence-electron chi connectivity index (χ1n) is 5.51. The second-order valence-electron chi connectivity index (χ2n) is 3.76. The van der Waals surface area contributed by atoms with Gasteiger partial charge in [-0.3, -0.25) is 0 Å². The average Bonchev–Trinajstić information content (AvgIpc) is 2.73. The molecule has 2 amide bonds. The summed E-state index contributed by atoms with van der Waals surface area (Å²) in [6.07, 6.45) is 3.13. The largest absolute Gasteiger partial charge is 0.480 e. The number of carbonyl (C=O) groups excluding carboxylic acids is 1. The maximum absolute atomic E-state index is 11.7. The fraction of sp³-hybridized carbons (Fsp3) is 0.800. The highest BCUT2D eigenvalue weighted by Gasteiger charge is 2.34. The number of aliphatic carboxylic acids is 1. The number of carboxylic acids is 1. The van der Waals surface area contributed by atoms with Crippen LogP contribution in [0.5, 0.6) is 0 Å². The van der Waals surface area contributed by atoms with E-state index < -0.39 is 12.0 Å². The molecule has 0 aliphatic carbocycles. The Bertz CT molecular complexity index is 260. The molecule has 6 heteroatoms. The summed E-state index contributed by atoms with van der Waals surface area (Å²) in [4.78, 5) is 23.9. The minimum atomic E-state index is -0.922. The second kappa shape index (κ2) is 6.62. The van der Waals surface area contributed by atoms with Gasteiger partial charge in [-0.2, -0.15) is 0 Å². The van der Waals surface area contributed by atoms with Crippen LogP contribution in [0.15, 0.2) is 0 Å². The van der Waals surface area contributed by atoms with Gasteiger partial charge >= 0.3 is 12.0 Å². The lowest BCUT2D eigenvalue weighted by molar-refractivity contribution is -0.140. The average molecular weight is 246 g/mol. The molecule has 1 aliphatic heterocycles. The minimum Gasteiger partial charge on any atom is -0.480 e. The molecule has 0 aromatic carbocycles. The molecule has 0 saturated carbocycles. The Morgan fingerprint density at radius 3 is 2.88 bits per heavy atom. The first-order valence-corrected chi connectivity index (χ1v) is 6.67. The van der Waals surface area contributed by atoms with Gasteiger partial charge in [-0.1, -0.05) is 19.8 Å². The van der Waals surface area contributed by atoms with E-state index in [4.69, 9.17) is 5.11 Å². The molecule has 0 aromatic heterocycles. The number of hydrogen-bond donors (Lipinski definition) is 2. The molecule has 1 heterocycles. The lowest BCUT2D eigenvalue weighted by Gasteiger charge is -2.20. The molecular weight excluding hydrogens is 228 g/mol. The van der Waals surface area contributed by atoms with E-state index in [0.29, 0.717) is 18.2 Å². The zero-order chi connectivity index (χ0) is 12.0. The summed E-state index contributed by atoms with van der Waals surface area (Å²) in [7, 11) is 0. The van der Waals surface area contributed by atoms with Crippen LogP contribution in [-0.4, -0.2) is 46.2 Å². The Kier molecular flexibility index (Phi) is 5.45. The predicted octanol–water partition coefficient (Wildman–Crippen LogP) is 1.35. The summed E-state index contributed by atoms with van der Waals surface area (Å²) < 4.78 is 0. The van der Waals surface area contributed by atoms with E-state index in [1.54, 1.807) is 0 Å². The van der Waals surface area contributed by atoms with Crippen LogP contribution in [0.1, 0.15) is 26.2 Å². The molecule has 0 bridgehead atoms. The van der Waals surface area contributed by atoms with Crippen molar-refractivity contribution >= 4 is 23.8 Å². The van der Waals surface area contributed by atoms with E-state index in [9.17, 15) is 9.59 Å². The van der Waals surface area contributed by atoms with Gasteiger partial charge in [0.25, 0.3) is 0 Å². The van der Waals surface area contributed by atoms with Crippen molar-refractivity contribution in [3.8, 4) is 0 Å². The standard InChI is InChI=1S/C10H18N2O3S/c1-2-3-4-5-11-10(15)12-7-16-6-8(12)9(13)14/h8H,2-7H2,1H3,(H,11,15)(H,13,14). The van der Waals surface area contributed by atoms with Crippen molar-refractivity contribution in [2.45, 2.75) is 32.2 Å². The Morgan fingerprint density at radius 2 is 2.25 bits per heavy atom. The van der Waals surface area contributed by atoms with E-state index in [1.807, 2.05) is 0 Å². The van der Waals surface area contributed by atoms with Crippen molar-refractivity contribution in [1.29, 1.82) is 0 Å². The monoisotopic (exact) mass is 246 g/mol. The van der Waals surface area contributed by atoms with Gasteiger partial charge in [0.15, 0.2) is 0 Å². The van der Waals surface area contributed by atoms with Gasteiger partial charge in [0.05, 0.1) is 5.88 Å². The van der Waals surface area contributed by atoms with Crippen LogP contribution in [0.25, 0.3) is 0 Å². The van der Waals surface area contributed by atoms with Gasteiger partial charge in [0.2, 0.25) is 0 Å². The van der Waals surface area contributed by atoms with Crippen LogP contribution in [0.4, 0.5) is 4.79 Å². The first-order chi connectivity index (χ1) is 7.66. The first kappa shape index (κ1) is 13.2. The second-order valence-corrected chi connectivity index (χ2v) is 4.76. The number of amides is 2. The Hall–Kier alpha value is -0.910. The number of nitrogens with one attached hydrogen (secondary N) is 1. The van der Waals surface area contributed by atoms with Gasteiger partial charge < -0.3 is 15.3 Å². The fourth-order valence-corrected chi connectivity index (χ4v) is 2.66. The van der Waals surface area contributed by atoms with Crippen LogP contribution in [0, 0.1) is 0 Å². The van der Waals surface area contributed by atoms with Gasteiger partial charge in [0.1, 0.15) is 6.04 Å². The molecule has 1 rings (SSSR count). The molecule has 1 fully saturated rings. The molecule has 2 N–H and O–H groups in total. The molecule has 1 saturated heterocycles. The topological polar surface area (TPSA) is 69.6 Å². The van der Waals surface area contributed by atoms with E-state index in [-0.39, 0.29) is 6.03 Å². The number of thioether (sulfide) groups is 1. The Labute approximate surface area is 99.6 Å². The van der Waals surface area contributed by atoms with Crippen LogP contribution in [0.3, 0.4) is 0 Å². The van der Waals surface area contributed by atoms with E-state index in [1.165, 1.54) is 16.7 Å². The zero-order valence-electron chi connectivity index (χ0n) is 9.44. The molecule has 1 aliphatic rings. The maximum Gasteiger partial charge on any atom is 0.327 e. The van der Waals surface area contributed by atoms with Crippen LogP contribution < -0.4 is 5.32 Å². The van der Waals surface area contributed by atoms with E-state index in [0.717, 1.165) is 19.3 Å². The minimum absolute atomic E-state index is 0.256. The van der Waals surface area contributed by atoms with Crippen molar-refractivity contribution in [3.05, 3.63) is 0 Å².